The third kappa shape index (κ3) is 7.07. The fourth-order valence-electron chi connectivity index (χ4n) is 1.78. The number of benzene rings is 1. The summed E-state index contributed by atoms with van der Waals surface area (Å²) in [5.41, 5.74) is 6.62. The van der Waals surface area contributed by atoms with E-state index in [1.54, 1.807) is 17.8 Å². The monoisotopic (exact) mass is 351 g/mol. The zero-order valence-electron chi connectivity index (χ0n) is 12.5. The van der Waals surface area contributed by atoms with Crippen molar-refractivity contribution in [3.05, 3.63) is 23.2 Å². The van der Waals surface area contributed by atoms with Crippen LogP contribution in [0.2, 0.25) is 5.02 Å². The Labute approximate surface area is 136 Å². The van der Waals surface area contributed by atoms with Crippen LogP contribution >= 0.6 is 31.0 Å². The van der Waals surface area contributed by atoms with Gasteiger partial charge in [0, 0.05) is 15.6 Å². The Kier molecular flexibility index (Phi) is 8.76. The Morgan fingerprint density at radius 3 is 2.52 bits per heavy atom. The van der Waals surface area contributed by atoms with Gasteiger partial charge in [0.15, 0.2) is 0 Å². The fourth-order valence-corrected chi connectivity index (χ4v) is 4.76. The van der Waals surface area contributed by atoms with Crippen molar-refractivity contribution in [1.82, 2.24) is 0 Å². The smallest absolute Gasteiger partial charge is 0.330 e. The number of hydrogen-bond acceptors (Lipinski definition) is 5. The van der Waals surface area contributed by atoms with Gasteiger partial charge in [0.25, 0.3) is 0 Å². The molecule has 0 aliphatic heterocycles. The van der Waals surface area contributed by atoms with Gasteiger partial charge in [-0.05, 0) is 50.6 Å². The van der Waals surface area contributed by atoms with E-state index in [1.807, 2.05) is 26.0 Å². The second-order valence-corrected chi connectivity index (χ2v) is 8.17. The summed E-state index contributed by atoms with van der Waals surface area (Å²) in [6, 6.07) is 5.46. The first-order valence-electron chi connectivity index (χ1n) is 7.06. The van der Waals surface area contributed by atoms with Crippen molar-refractivity contribution in [3.63, 3.8) is 0 Å². The van der Waals surface area contributed by atoms with Crippen molar-refractivity contribution in [2.24, 2.45) is 0 Å². The van der Waals surface area contributed by atoms with E-state index >= 15 is 0 Å². The molecule has 4 nitrogen and oxygen atoms in total. The fraction of sp³-hybridized carbons (Fsp3) is 0.571. The van der Waals surface area contributed by atoms with Crippen LogP contribution in [-0.4, -0.2) is 25.1 Å². The summed E-state index contributed by atoms with van der Waals surface area (Å²) < 4.78 is 22.8. The van der Waals surface area contributed by atoms with E-state index in [9.17, 15) is 4.57 Å². The molecule has 0 bridgehead atoms. The average Bonchev–Trinajstić information content (AvgIpc) is 2.42. The lowest BCUT2D eigenvalue weighted by Crippen LogP contribution is -2.00. The molecule has 1 rings (SSSR count). The third-order valence-electron chi connectivity index (χ3n) is 2.71. The van der Waals surface area contributed by atoms with Crippen LogP contribution in [0, 0.1) is 0 Å². The van der Waals surface area contributed by atoms with E-state index in [2.05, 4.69) is 0 Å². The summed E-state index contributed by atoms with van der Waals surface area (Å²) in [4.78, 5) is 0.986. The van der Waals surface area contributed by atoms with E-state index < -0.39 is 7.60 Å². The van der Waals surface area contributed by atoms with E-state index in [-0.39, 0.29) is 0 Å². The molecule has 2 N–H and O–H groups in total. The summed E-state index contributed by atoms with van der Waals surface area (Å²) in [6.45, 7) is 4.46. The van der Waals surface area contributed by atoms with Gasteiger partial charge in [-0.3, -0.25) is 4.57 Å². The highest BCUT2D eigenvalue weighted by molar-refractivity contribution is 7.99. The Morgan fingerprint density at radius 2 is 1.90 bits per heavy atom. The first-order valence-corrected chi connectivity index (χ1v) is 10.2. The van der Waals surface area contributed by atoms with Crippen molar-refractivity contribution in [2.45, 2.75) is 31.6 Å². The van der Waals surface area contributed by atoms with Crippen LogP contribution in [0.1, 0.15) is 26.7 Å². The lowest BCUT2D eigenvalue weighted by Gasteiger charge is -2.16. The number of halogens is 1. The summed E-state index contributed by atoms with van der Waals surface area (Å²) in [7, 11) is -2.90. The van der Waals surface area contributed by atoms with Gasteiger partial charge in [-0.25, -0.2) is 0 Å². The molecule has 0 spiro atoms. The van der Waals surface area contributed by atoms with Gasteiger partial charge in [-0.15, -0.1) is 11.8 Å². The minimum absolute atomic E-state index is 0.408. The maximum absolute atomic E-state index is 12.3. The van der Waals surface area contributed by atoms with Gasteiger partial charge >= 0.3 is 7.60 Å². The van der Waals surface area contributed by atoms with Gasteiger partial charge in [0.2, 0.25) is 0 Å². The van der Waals surface area contributed by atoms with E-state index in [0.717, 1.165) is 29.2 Å². The predicted octanol–water partition coefficient (Wildman–Crippen LogP) is 5.06. The molecule has 0 atom stereocenters. The second kappa shape index (κ2) is 9.75. The minimum atomic E-state index is -2.90. The first-order chi connectivity index (χ1) is 10.0. The zero-order chi connectivity index (χ0) is 15.7. The molecule has 0 saturated heterocycles. The number of rotatable bonds is 10. The number of nitrogens with two attached hydrogens (primary N) is 1. The number of unbranched alkanes of at least 4 members (excludes halogenated alkanes) is 1. The molecular formula is C14H23ClNO3PS. The Balaban J connectivity index is 2.33. The number of anilines is 1. The number of hydrogen-bond donors (Lipinski definition) is 1. The van der Waals surface area contributed by atoms with Gasteiger partial charge in [0.05, 0.1) is 19.4 Å². The van der Waals surface area contributed by atoms with Crippen LogP contribution < -0.4 is 5.73 Å². The van der Waals surface area contributed by atoms with Crippen molar-refractivity contribution in [2.75, 3.05) is 30.9 Å². The molecular weight excluding hydrogens is 329 g/mol. The van der Waals surface area contributed by atoms with Crippen LogP contribution in [0.4, 0.5) is 5.69 Å². The molecule has 0 unspecified atom stereocenters. The van der Waals surface area contributed by atoms with Gasteiger partial charge in [0.1, 0.15) is 0 Å². The van der Waals surface area contributed by atoms with Crippen LogP contribution in [0.15, 0.2) is 23.1 Å². The lowest BCUT2D eigenvalue weighted by molar-refractivity contribution is 0.219. The quantitative estimate of drug-likeness (QED) is 0.276. The Hall–Kier alpha value is -0.190. The normalized spacial score (nSPS) is 11.8. The van der Waals surface area contributed by atoms with Gasteiger partial charge < -0.3 is 14.8 Å². The van der Waals surface area contributed by atoms with Crippen LogP contribution in [-0.2, 0) is 13.6 Å². The summed E-state index contributed by atoms with van der Waals surface area (Å²) in [6.07, 6.45) is 2.17. The molecule has 0 aliphatic carbocycles. The maximum Gasteiger partial charge on any atom is 0.330 e. The predicted molar refractivity (Wildman–Crippen MR) is 91.5 cm³/mol. The average molecular weight is 352 g/mol. The highest BCUT2D eigenvalue weighted by Gasteiger charge is 2.22. The molecule has 1 aromatic carbocycles. The topological polar surface area (TPSA) is 61.5 Å². The highest BCUT2D eigenvalue weighted by atomic mass is 35.5. The zero-order valence-corrected chi connectivity index (χ0v) is 15.0. The standard InChI is InChI=1S/C14H23ClNO3PS/c1-3-18-20(17,19-4-2)9-5-6-10-21-14-11-12(15)7-8-13(14)16/h7-8,11H,3-6,9-10,16H2,1-2H3. The van der Waals surface area contributed by atoms with E-state index in [0.29, 0.717) is 24.4 Å². The molecule has 0 aromatic heterocycles. The van der Waals surface area contributed by atoms with Crippen molar-refractivity contribution < 1.29 is 13.6 Å². The summed E-state index contributed by atoms with van der Waals surface area (Å²) >= 11 is 7.61. The maximum atomic E-state index is 12.3. The second-order valence-electron chi connectivity index (χ2n) is 4.41. The molecule has 0 aliphatic rings. The molecule has 120 valence electrons. The number of thioether (sulfide) groups is 1. The first kappa shape index (κ1) is 18.9. The van der Waals surface area contributed by atoms with E-state index in [4.69, 9.17) is 26.4 Å². The molecule has 0 fully saturated rings. The van der Waals surface area contributed by atoms with Crippen molar-refractivity contribution >= 4 is 36.6 Å². The van der Waals surface area contributed by atoms with Crippen LogP contribution in [0.3, 0.4) is 0 Å². The Bertz CT molecular complexity index is 477. The third-order valence-corrected chi connectivity index (χ3v) is 6.27. The SMILES string of the molecule is CCOP(=O)(CCCCSc1cc(Cl)ccc1N)OCC. The molecule has 1 aromatic rings. The molecule has 0 heterocycles. The molecule has 0 saturated carbocycles. The van der Waals surface area contributed by atoms with Crippen molar-refractivity contribution in [1.29, 1.82) is 0 Å². The van der Waals surface area contributed by atoms with E-state index in [1.165, 1.54) is 0 Å². The summed E-state index contributed by atoms with van der Waals surface area (Å²) in [5.74, 6) is 0.892. The number of nitrogen functional groups attached to an aromatic ring is 1. The van der Waals surface area contributed by atoms with Crippen molar-refractivity contribution in [3.8, 4) is 0 Å². The largest absolute Gasteiger partial charge is 0.398 e. The molecule has 7 heteroatoms. The van der Waals surface area contributed by atoms with Crippen LogP contribution in [0.5, 0.6) is 0 Å². The minimum Gasteiger partial charge on any atom is -0.398 e. The summed E-state index contributed by atoms with van der Waals surface area (Å²) in [5, 5.41) is 0.684. The van der Waals surface area contributed by atoms with Crippen LogP contribution in [0.25, 0.3) is 0 Å². The van der Waals surface area contributed by atoms with Gasteiger partial charge in [-0.1, -0.05) is 11.6 Å². The van der Waals surface area contributed by atoms with Gasteiger partial charge in [-0.2, -0.15) is 0 Å². The molecule has 21 heavy (non-hydrogen) atoms. The highest BCUT2D eigenvalue weighted by Crippen LogP contribution is 2.48. The Morgan fingerprint density at radius 1 is 1.24 bits per heavy atom. The molecule has 0 amide bonds. The lowest BCUT2D eigenvalue weighted by atomic mass is 10.3. The molecule has 0 radical (unpaired) electrons.